The molecule has 0 aromatic heterocycles. The molecule has 4 nitrogen and oxygen atoms in total. The Morgan fingerprint density at radius 3 is 2.77 bits per heavy atom. The Bertz CT molecular complexity index is 316. The molecular weight excluding hydrogens is 168 g/mol. The van der Waals surface area contributed by atoms with Crippen LogP contribution in [0.2, 0.25) is 0 Å². The zero-order valence-electron chi connectivity index (χ0n) is 6.86. The van der Waals surface area contributed by atoms with Crippen molar-refractivity contribution in [1.29, 1.82) is 5.26 Å². The second-order valence-corrected chi connectivity index (χ2v) is 2.32. The second kappa shape index (κ2) is 4.78. The Hall–Kier alpha value is -2.02. The van der Waals surface area contributed by atoms with Crippen molar-refractivity contribution in [2.24, 2.45) is 0 Å². The summed E-state index contributed by atoms with van der Waals surface area (Å²) in [5.41, 5.74) is 0.956. The Morgan fingerprint density at radius 1 is 1.46 bits per heavy atom. The number of amides is 1. The molecule has 0 aliphatic heterocycles. The number of carbonyl (C=O) groups is 1. The maximum Gasteiger partial charge on any atom is 0.422 e. The van der Waals surface area contributed by atoms with Gasteiger partial charge in [0.2, 0.25) is 0 Å². The molecule has 13 heavy (non-hydrogen) atoms. The van der Waals surface area contributed by atoms with Crippen LogP contribution in [0.25, 0.3) is 0 Å². The Balaban J connectivity index is 2.36. The first-order valence-corrected chi connectivity index (χ1v) is 3.70. The molecule has 0 aliphatic carbocycles. The minimum absolute atomic E-state index is 0.362. The lowest BCUT2D eigenvalue weighted by Gasteiger charge is -2.00. The first-order valence-electron chi connectivity index (χ1n) is 3.70. The van der Waals surface area contributed by atoms with Gasteiger partial charge in [-0.25, -0.2) is 4.79 Å². The van der Waals surface area contributed by atoms with Crippen LogP contribution in [0.4, 0.5) is 4.79 Å². The van der Waals surface area contributed by atoms with Gasteiger partial charge < -0.3 is 10.1 Å². The van der Waals surface area contributed by atoms with Gasteiger partial charge in [-0.05, 0) is 5.56 Å². The number of ether oxygens (including phenoxy) is 1. The number of nitriles is 1. The summed E-state index contributed by atoms with van der Waals surface area (Å²) in [6.07, 6.45) is 0.561. The van der Waals surface area contributed by atoms with E-state index in [2.05, 4.69) is 10.1 Å². The van der Waals surface area contributed by atoms with Gasteiger partial charge in [0.25, 0.3) is 6.26 Å². The summed E-state index contributed by atoms with van der Waals surface area (Å²) < 4.78 is 4.02. The maximum atomic E-state index is 10.7. The topological polar surface area (TPSA) is 62.1 Å². The zero-order chi connectivity index (χ0) is 9.52. The van der Waals surface area contributed by atoms with Crippen molar-refractivity contribution in [3.63, 3.8) is 0 Å². The van der Waals surface area contributed by atoms with Crippen molar-refractivity contribution in [2.75, 3.05) is 0 Å². The molecule has 0 fully saturated rings. The SMILES string of the molecule is N#COC(=O)NCc1ccccc1. The van der Waals surface area contributed by atoms with Crippen LogP contribution < -0.4 is 5.32 Å². The highest BCUT2D eigenvalue weighted by molar-refractivity contribution is 5.68. The quantitative estimate of drug-likeness (QED) is 0.692. The molecule has 0 spiro atoms. The number of carbonyl (C=O) groups excluding carboxylic acids is 1. The monoisotopic (exact) mass is 176 g/mol. The lowest BCUT2D eigenvalue weighted by atomic mass is 10.2. The van der Waals surface area contributed by atoms with Crippen LogP contribution in [0.3, 0.4) is 0 Å². The van der Waals surface area contributed by atoms with Gasteiger partial charge in [0.05, 0.1) is 0 Å². The van der Waals surface area contributed by atoms with Gasteiger partial charge in [-0.15, -0.1) is 5.26 Å². The number of nitrogens with one attached hydrogen (secondary N) is 1. The van der Waals surface area contributed by atoms with Crippen molar-refractivity contribution in [2.45, 2.75) is 6.54 Å². The molecule has 0 saturated carbocycles. The fraction of sp³-hybridized carbons (Fsp3) is 0.111. The Morgan fingerprint density at radius 2 is 2.15 bits per heavy atom. The van der Waals surface area contributed by atoms with E-state index in [1.54, 1.807) is 0 Å². The number of alkyl carbamates (subject to hydrolysis) is 1. The van der Waals surface area contributed by atoms with Crippen LogP contribution in [-0.2, 0) is 11.3 Å². The highest BCUT2D eigenvalue weighted by Crippen LogP contribution is 1.96. The van der Waals surface area contributed by atoms with Gasteiger partial charge in [0.1, 0.15) is 0 Å². The summed E-state index contributed by atoms with van der Waals surface area (Å²) in [5.74, 6) is 0. The Kier molecular flexibility index (Phi) is 3.33. The molecule has 1 aromatic carbocycles. The maximum absolute atomic E-state index is 10.7. The molecular formula is C9H8N2O2. The van der Waals surface area contributed by atoms with E-state index in [9.17, 15) is 4.79 Å². The van der Waals surface area contributed by atoms with Gasteiger partial charge in [-0.3, -0.25) is 0 Å². The van der Waals surface area contributed by atoms with Gasteiger partial charge in [-0.2, -0.15) is 0 Å². The molecule has 66 valence electrons. The fourth-order valence-electron chi connectivity index (χ4n) is 0.848. The molecule has 0 atom stereocenters. The van der Waals surface area contributed by atoms with E-state index in [1.807, 2.05) is 30.3 Å². The third kappa shape index (κ3) is 3.25. The van der Waals surface area contributed by atoms with Gasteiger partial charge in [0.15, 0.2) is 0 Å². The van der Waals surface area contributed by atoms with E-state index in [0.29, 0.717) is 6.54 Å². The van der Waals surface area contributed by atoms with Crippen molar-refractivity contribution < 1.29 is 9.53 Å². The molecule has 4 heteroatoms. The summed E-state index contributed by atoms with van der Waals surface area (Å²) in [6.45, 7) is 0.362. The molecule has 1 amide bonds. The van der Waals surface area contributed by atoms with E-state index in [1.165, 1.54) is 6.26 Å². The third-order valence-corrected chi connectivity index (χ3v) is 1.42. The largest absolute Gasteiger partial charge is 0.422 e. The van der Waals surface area contributed by atoms with Crippen LogP contribution >= 0.6 is 0 Å². The predicted octanol–water partition coefficient (Wildman–Crippen LogP) is 1.39. The molecule has 0 saturated heterocycles. The second-order valence-electron chi connectivity index (χ2n) is 2.32. The highest BCUT2D eigenvalue weighted by atomic mass is 16.5. The number of hydrogen-bond donors (Lipinski definition) is 1. The molecule has 0 unspecified atom stereocenters. The van der Waals surface area contributed by atoms with Crippen molar-refractivity contribution >= 4 is 6.09 Å². The molecule has 0 radical (unpaired) electrons. The minimum atomic E-state index is -0.730. The predicted molar refractivity (Wildman–Crippen MR) is 45.4 cm³/mol. The summed E-state index contributed by atoms with van der Waals surface area (Å²) >= 11 is 0. The average molecular weight is 176 g/mol. The number of hydrogen-bond acceptors (Lipinski definition) is 3. The molecule has 1 aromatic rings. The minimum Gasteiger partial charge on any atom is -0.334 e. The summed E-state index contributed by atoms with van der Waals surface area (Å²) in [7, 11) is 0. The molecule has 0 heterocycles. The first-order chi connectivity index (χ1) is 6.33. The Labute approximate surface area is 75.7 Å². The molecule has 0 aliphatic rings. The van der Waals surface area contributed by atoms with Gasteiger partial charge in [0, 0.05) is 6.54 Å². The third-order valence-electron chi connectivity index (χ3n) is 1.42. The molecule has 0 bridgehead atoms. The highest BCUT2D eigenvalue weighted by Gasteiger charge is 1.99. The summed E-state index contributed by atoms with van der Waals surface area (Å²) in [5, 5.41) is 10.4. The van der Waals surface area contributed by atoms with Crippen LogP contribution in [0.1, 0.15) is 5.56 Å². The fourth-order valence-corrected chi connectivity index (χ4v) is 0.848. The van der Waals surface area contributed by atoms with E-state index >= 15 is 0 Å². The van der Waals surface area contributed by atoms with Crippen LogP contribution in [0.5, 0.6) is 0 Å². The summed E-state index contributed by atoms with van der Waals surface area (Å²) in [4.78, 5) is 10.7. The number of nitrogens with zero attached hydrogens (tertiary/aromatic N) is 1. The van der Waals surface area contributed by atoms with E-state index in [0.717, 1.165) is 5.56 Å². The smallest absolute Gasteiger partial charge is 0.334 e. The lowest BCUT2D eigenvalue weighted by Crippen LogP contribution is -2.21. The van der Waals surface area contributed by atoms with Gasteiger partial charge in [-0.1, -0.05) is 30.3 Å². The van der Waals surface area contributed by atoms with Crippen molar-refractivity contribution in [3.05, 3.63) is 35.9 Å². The lowest BCUT2D eigenvalue weighted by molar-refractivity contribution is 0.190. The first kappa shape index (κ1) is 9.07. The van der Waals surface area contributed by atoms with Crippen LogP contribution in [0, 0.1) is 11.5 Å². The van der Waals surface area contributed by atoms with E-state index < -0.39 is 6.09 Å². The van der Waals surface area contributed by atoms with E-state index in [4.69, 9.17) is 5.26 Å². The van der Waals surface area contributed by atoms with Crippen LogP contribution in [0.15, 0.2) is 30.3 Å². The summed E-state index contributed by atoms with van der Waals surface area (Å²) in [6, 6.07) is 9.36. The van der Waals surface area contributed by atoms with Crippen molar-refractivity contribution in [3.8, 4) is 6.26 Å². The van der Waals surface area contributed by atoms with E-state index in [-0.39, 0.29) is 0 Å². The molecule has 1 rings (SSSR count). The normalized spacial score (nSPS) is 8.54. The number of rotatable bonds is 2. The zero-order valence-corrected chi connectivity index (χ0v) is 6.86. The molecule has 1 N–H and O–H groups in total. The van der Waals surface area contributed by atoms with Gasteiger partial charge >= 0.3 is 6.09 Å². The van der Waals surface area contributed by atoms with Crippen molar-refractivity contribution in [1.82, 2.24) is 5.32 Å². The number of benzene rings is 1. The van der Waals surface area contributed by atoms with Crippen LogP contribution in [-0.4, -0.2) is 6.09 Å². The standard InChI is InChI=1S/C9H8N2O2/c10-7-13-9(12)11-6-8-4-2-1-3-5-8/h1-5H,6H2,(H,11,12). The average Bonchev–Trinajstić information content (AvgIpc) is 2.17.